The molecule has 0 aliphatic heterocycles. The van der Waals surface area contributed by atoms with Crippen LogP contribution in [0.15, 0.2) is 66.7 Å². The Balaban J connectivity index is 1.42. The lowest BCUT2D eigenvalue weighted by Gasteiger charge is -2.12. The van der Waals surface area contributed by atoms with Crippen molar-refractivity contribution in [3.8, 4) is 5.75 Å². The van der Waals surface area contributed by atoms with Crippen LogP contribution in [0.25, 0.3) is 11.0 Å². The smallest absolute Gasteiger partial charge is 0.251 e. The maximum Gasteiger partial charge on any atom is 0.251 e. The highest BCUT2D eigenvalue weighted by atomic mass is 16.5. The first-order valence-electron chi connectivity index (χ1n) is 11.0. The van der Waals surface area contributed by atoms with Crippen molar-refractivity contribution in [1.82, 2.24) is 14.9 Å². The summed E-state index contributed by atoms with van der Waals surface area (Å²) in [5.41, 5.74) is 6.27. The van der Waals surface area contributed by atoms with Crippen LogP contribution in [-0.4, -0.2) is 28.6 Å². The number of para-hydroxylation sites is 2. The molecule has 0 unspecified atom stereocenters. The van der Waals surface area contributed by atoms with Crippen molar-refractivity contribution in [3.63, 3.8) is 0 Å². The Hall–Kier alpha value is -3.60. The van der Waals surface area contributed by atoms with Crippen LogP contribution in [0.4, 0.5) is 0 Å². The molecule has 32 heavy (non-hydrogen) atoms. The molecule has 5 nitrogen and oxygen atoms in total. The monoisotopic (exact) mass is 427 g/mol. The summed E-state index contributed by atoms with van der Waals surface area (Å²) < 4.78 is 8.20. The van der Waals surface area contributed by atoms with Gasteiger partial charge in [0.05, 0.1) is 17.6 Å². The number of aryl methyl sites for hydroxylation is 3. The van der Waals surface area contributed by atoms with Crippen molar-refractivity contribution in [2.75, 3.05) is 13.2 Å². The first-order valence-corrected chi connectivity index (χ1v) is 11.0. The van der Waals surface area contributed by atoms with E-state index >= 15 is 0 Å². The molecule has 0 aliphatic carbocycles. The van der Waals surface area contributed by atoms with Crippen molar-refractivity contribution in [3.05, 3.63) is 94.8 Å². The Bertz CT molecular complexity index is 1240. The molecule has 0 fully saturated rings. The lowest BCUT2D eigenvalue weighted by atomic mass is 10.1. The van der Waals surface area contributed by atoms with E-state index in [1.165, 1.54) is 11.1 Å². The molecule has 1 aromatic heterocycles. The molecule has 0 radical (unpaired) electrons. The molecule has 1 heterocycles. The van der Waals surface area contributed by atoms with Crippen LogP contribution in [0.3, 0.4) is 0 Å². The van der Waals surface area contributed by atoms with E-state index in [0.29, 0.717) is 31.7 Å². The summed E-state index contributed by atoms with van der Waals surface area (Å²) in [6.07, 6.45) is 0.649. The Morgan fingerprint density at radius 3 is 2.62 bits per heavy atom. The van der Waals surface area contributed by atoms with Crippen LogP contribution in [-0.2, 0) is 13.0 Å². The number of nitrogens with one attached hydrogen (secondary N) is 1. The highest BCUT2D eigenvalue weighted by Gasteiger charge is 2.12. The number of imidazole rings is 1. The standard InChI is InChI=1S/C27H29N3O2/c1-19-7-6-8-22(17-19)27(31)28-14-13-26-29-24-9-4-5-10-25(24)30(26)15-16-32-23-12-11-20(2)21(3)18-23/h4-12,17-18H,13-16H2,1-3H3,(H,28,31). The maximum atomic E-state index is 12.5. The summed E-state index contributed by atoms with van der Waals surface area (Å²) >= 11 is 0. The zero-order chi connectivity index (χ0) is 22.5. The largest absolute Gasteiger partial charge is 0.492 e. The highest BCUT2D eigenvalue weighted by molar-refractivity contribution is 5.94. The van der Waals surface area contributed by atoms with Crippen molar-refractivity contribution in [2.45, 2.75) is 33.7 Å². The van der Waals surface area contributed by atoms with E-state index < -0.39 is 0 Å². The van der Waals surface area contributed by atoms with Crippen LogP contribution in [0.1, 0.15) is 32.9 Å². The molecular weight excluding hydrogens is 398 g/mol. The Labute approximate surface area is 189 Å². The zero-order valence-corrected chi connectivity index (χ0v) is 18.9. The normalized spacial score (nSPS) is 11.0. The van der Waals surface area contributed by atoms with Gasteiger partial charge in [-0.15, -0.1) is 0 Å². The number of carbonyl (C=O) groups is 1. The minimum Gasteiger partial charge on any atom is -0.492 e. The van der Waals surface area contributed by atoms with Gasteiger partial charge < -0.3 is 14.6 Å². The van der Waals surface area contributed by atoms with Crippen molar-refractivity contribution in [2.24, 2.45) is 0 Å². The van der Waals surface area contributed by atoms with Crippen molar-refractivity contribution < 1.29 is 9.53 Å². The number of amides is 1. The number of benzene rings is 3. The summed E-state index contributed by atoms with van der Waals surface area (Å²) in [7, 11) is 0. The number of nitrogens with zero attached hydrogens (tertiary/aromatic N) is 2. The lowest BCUT2D eigenvalue weighted by molar-refractivity contribution is 0.0953. The number of hydrogen-bond acceptors (Lipinski definition) is 3. The van der Waals surface area contributed by atoms with Crippen LogP contribution in [0.5, 0.6) is 5.75 Å². The van der Waals surface area contributed by atoms with Gasteiger partial charge in [0, 0.05) is 18.5 Å². The molecule has 0 spiro atoms. The molecule has 0 saturated heterocycles. The third kappa shape index (κ3) is 4.99. The summed E-state index contributed by atoms with van der Waals surface area (Å²) in [5.74, 6) is 1.76. The van der Waals surface area contributed by atoms with Gasteiger partial charge in [0.15, 0.2) is 0 Å². The first kappa shape index (κ1) is 21.6. The second-order valence-electron chi connectivity index (χ2n) is 8.14. The molecule has 1 amide bonds. The predicted octanol–water partition coefficient (Wildman–Crippen LogP) is 5.01. The van der Waals surface area contributed by atoms with Gasteiger partial charge in [-0.1, -0.05) is 35.9 Å². The molecule has 0 aliphatic rings. The molecule has 4 aromatic rings. The minimum absolute atomic E-state index is 0.0607. The molecular formula is C27H29N3O2. The number of aromatic nitrogens is 2. The van der Waals surface area contributed by atoms with Gasteiger partial charge in [-0.25, -0.2) is 4.98 Å². The van der Waals surface area contributed by atoms with E-state index in [2.05, 4.69) is 41.9 Å². The maximum absolute atomic E-state index is 12.5. The number of fused-ring (bicyclic) bond motifs is 1. The highest BCUT2D eigenvalue weighted by Crippen LogP contribution is 2.19. The Morgan fingerprint density at radius 2 is 1.81 bits per heavy atom. The fourth-order valence-electron chi connectivity index (χ4n) is 3.80. The quantitative estimate of drug-likeness (QED) is 0.430. The second-order valence-corrected chi connectivity index (χ2v) is 8.14. The number of ether oxygens (including phenoxy) is 1. The van der Waals surface area contributed by atoms with E-state index in [-0.39, 0.29) is 5.91 Å². The third-order valence-corrected chi connectivity index (χ3v) is 5.71. The molecule has 4 rings (SSSR count). The van der Waals surface area contributed by atoms with Gasteiger partial charge in [-0.2, -0.15) is 0 Å². The minimum atomic E-state index is -0.0607. The van der Waals surface area contributed by atoms with Crippen molar-refractivity contribution in [1.29, 1.82) is 0 Å². The summed E-state index contributed by atoms with van der Waals surface area (Å²) in [6.45, 7) is 7.93. The van der Waals surface area contributed by atoms with E-state index in [1.807, 2.05) is 55.5 Å². The molecule has 5 heteroatoms. The first-order chi connectivity index (χ1) is 15.5. The average Bonchev–Trinajstić information content (AvgIpc) is 3.13. The molecule has 0 atom stereocenters. The van der Waals surface area contributed by atoms with Gasteiger partial charge >= 0.3 is 0 Å². The van der Waals surface area contributed by atoms with Gasteiger partial charge in [-0.3, -0.25) is 4.79 Å². The average molecular weight is 428 g/mol. The van der Waals surface area contributed by atoms with Gasteiger partial charge in [0.1, 0.15) is 18.2 Å². The van der Waals surface area contributed by atoms with E-state index in [1.54, 1.807) is 0 Å². The van der Waals surface area contributed by atoms with Gasteiger partial charge in [0.2, 0.25) is 0 Å². The Kier molecular flexibility index (Phi) is 6.55. The van der Waals surface area contributed by atoms with Gasteiger partial charge in [0.25, 0.3) is 5.91 Å². The van der Waals surface area contributed by atoms with E-state index in [0.717, 1.165) is 28.2 Å². The lowest BCUT2D eigenvalue weighted by Crippen LogP contribution is -2.26. The summed E-state index contributed by atoms with van der Waals surface area (Å²) in [6, 6.07) is 21.9. The molecule has 3 aromatic carbocycles. The molecule has 0 bridgehead atoms. The SMILES string of the molecule is Cc1cccc(C(=O)NCCc2nc3ccccc3n2CCOc2ccc(C)c(C)c2)c1. The molecule has 1 N–H and O–H groups in total. The zero-order valence-electron chi connectivity index (χ0n) is 18.9. The van der Waals surface area contributed by atoms with Gasteiger partial charge in [-0.05, 0) is 68.3 Å². The molecule has 164 valence electrons. The number of hydrogen-bond donors (Lipinski definition) is 1. The van der Waals surface area contributed by atoms with Crippen LogP contribution in [0, 0.1) is 20.8 Å². The topological polar surface area (TPSA) is 56.2 Å². The molecule has 0 saturated carbocycles. The van der Waals surface area contributed by atoms with Crippen LogP contribution in [0.2, 0.25) is 0 Å². The fraction of sp³-hybridized carbons (Fsp3) is 0.259. The van der Waals surface area contributed by atoms with Crippen LogP contribution >= 0.6 is 0 Å². The van der Waals surface area contributed by atoms with E-state index in [4.69, 9.17) is 9.72 Å². The summed E-state index contributed by atoms with van der Waals surface area (Å²) in [4.78, 5) is 17.3. The Morgan fingerprint density at radius 1 is 0.969 bits per heavy atom. The van der Waals surface area contributed by atoms with E-state index in [9.17, 15) is 4.79 Å². The second kappa shape index (κ2) is 9.69. The van der Waals surface area contributed by atoms with Crippen LogP contribution < -0.4 is 10.1 Å². The number of rotatable bonds is 8. The number of carbonyl (C=O) groups excluding carboxylic acids is 1. The predicted molar refractivity (Wildman–Crippen MR) is 128 cm³/mol. The summed E-state index contributed by atoms with van der Waals surface area (Å²) in [5, 5.41) is 3.02. The van der Waals surface area contributed by atoms with Crippen molar-refractivity contribution >= 4 is 16.9 Å². The fourth-order valence-corrected chi connectivity index (χ4v) is 3.80. The third-order valence-electron chi connectivity index (χ3n) is 5.71.